The molecule has 0 saturated carbocycles. The molecule has 16 heavy (non-hydrogen) atoms. The molecule has 1 aromatic rings. The van der Waals surface area contributed by atoms with Crippen molar-refractivity contribution in [1.29, 1.82) is 0 Å². The van der Waals surface area contributed by atoms with E-state index in [0.29, 0.717) is 33.0 Å². The van der Waals surface area contributed by atoms with Crippen molar-refractivity contribution in [1.82, 2.24) is 4.98 Å². The first-order chi connectivity index (χ1) is 7.83. The third-order valence-corrected chi connectivity index (χ3v) is 2.31. The molecular formula is C11H16BrNO3. The SMILES string of the molecule is COCCOCCOCc1ccc(Br)cn1. The molecule has 0 aliphatic rings. The van der Waals surface area contributed by atoms with Crippen LogP contribution in [-0.2, 0) is 20.8 Å². The Morgan fingerprint density at radius 2 is 1.88 bits per heavy atom. The fraction of sp³-hybridized carbons (Fsp3) is 0.545. The van der Waals surface area contributed by atoms with Gasteiger partial charge in [0.15, 0.2) is 0 Å². The van der Waals surface area contributed by atoms with Gasteiger partial charge in [0.25, 0.3) is 0 Å². The number of hydrogen-bond donors (Lipinski definition) is 0. The second-order valence-corrected chi connectivity index (χ2v) is 4.04. The van der Waals surface area contributed by atoms with Crippen molar-refractivity contribution in [2.45, 2.75) is 6.61 Å². The highest BCUT2D eigenvalue weighted by Gasteiger charge is 1.95. The molecule has 0 N–H and O–H groups in total. The van der Waals surface area contributed by atoms with Crippen LogP contribution in [0.2, 0.25) is 0 Å². The lowest BCUT2D eigenvalue weighted by atomic mass is 10.4. The van der Waals surface area contributed by atoms with Crippen LogP contribution in [0.25, 0.3) is 0 Å². The van der Waals surface area contributed by atoms with Crippen molar-refractivity contribution in [3.63, 3.8) is 0 Å². The second kappa shape index (κ2) is 8.64. The Kier molecular flexibility index (Phi) is 7.33. The van der Waals surface area contributed by atoms with E-state index in [4.69, 9.17) is 14.2 Å². The van der Waals surface area contributed by atoms with E-state index < -0.39 is 0 Å². The van der Waals surface area contributed by atoms with E-state index in [1.807, 2.05) is 12.1 Å². The number of methoxy groups -OCH3 is 1. The van der Waals surface area contributed by atoms with Gasteiger partial charge < -0.3 is 14.2 Å². The van der Waals surface area contributed by atoms with E-state index in [1.54, 1.807) is 13.3 Å². The van der Waals surface area contributed by atoms with Gasteiger partial charge in [-0.15, -0.1) is 0 Å². The molecule has 5 heteroatoms. The summed E-state index contributed by atoms with van der Waals surface area (Å²) in [5.41, 5.74) is 0.917. The maximum Gasteiger partial charge on any atom is 0.0889 e. The highest BCUT2D eigenvalue weighted by Crippen LogP contribution is 2.07. The zero-order valence-corrected chi connectivity index (χ0v) is 10.9. The van der Waals surface area contributed by atoms with Crippen molar-refractivity contribution in [3.05, 3.63) is 28.5 Å². The Bertz CT molecular complexity index is 279. The number of hydrogen-bond acceptors (Lipinski definition) is 4. The van der Waals surface area contributed by atoms with Crippen LogP contribution in [0.15, 0.2) is 22.8 Å². The molecule has 0 bridgehead atoms. The number of aromatic nitrogens is 1. The zero-order valence-electron chi connectivity index (χ0n) is 9.32. The molecular weight excluding hydrogens is 274 g/mol. The van der Waals surface area contributed by atoms with Crippen LogP contribution in [-0.4, -0.2) is 38.5 Å². The number of nitrogens with zero attached hydrogens (tertiary/aromatic N) is 1. The van der Waals surface area contributed by atoms with Crippen molar-refractivity contribution in [3.8, 4) is 0 Å². The minimum Gasteiger partial charge on any atom is -0.382 e. The van der Waals surface area contributed by atoms with E-state index >= 15 is 0 Å². The Labute approximate surface area is 104 Å². The Hall–Kier alpha value is -0.490. The lowest BCUT2D eigenvalue weighted by molar-refractivity contribution is 0.0192. The van der Waals surface area contributed by atoms with Gasteiger partial charge in [0.1, 0.15) is 0 Å². The van der Waals surface area contributed by atoms with Gasteiger partial charge in [-0.2, -0.15) is 0 Å². The van der Waals surface area contributed by atoms with Crippen LogP contribution in [0.4, 0.5) is 0 Å². The maximum atomic E-state index is 5.40. The highest BCUT2D eigenvalue weighted by molar-refractivity contribution is 9.10. The minimum absolute atomic E-state index is 0.515. The topological polar surface area (TPSA) is 40.6 Å². The van der Waals surface area contributed by atoms with Gasteiger partial charge in [-0.1, -0.05) is 0 Å². The molecule has 0 spiro atoms. The van der Waals surface area contributed by atoms with Gasteiger partial charge in [-0.3, -0.25) is 4.98 Å². The Morgan fingerprint density at radius 1 is 1.12 bits per heavy atom. The number of pyridine rings is 1. The van der Waals surface area contributed by atoms with Crippen molar-refractivity contribution < 1.29 is 14.2 Å². The van der Waals surface area contributed by atoms with E-state index in [0.717, 1.165) is 10.2 Å². The van der Waals surface area contributed by atoms with Crippen molar-refractivity contribution in [2.24, 2.45) is 0 Å². The van der Waals surface area contributed by atoms with E-state index in [2.05, 4.69) is 20.9 Å². The van der Waals surface area contributed by atoms with E-state index in [1.165, 1.54) is 0 Å². The molecule has 1 aromatic heterocycles. The molecule has 0 amide bonds. The second-order valence-electron chi connectivity index (χ2n) is 3.13. The lowest BCUT2D eigenvalue weighted by Crippen LogP contribution is -2.08. The smallest absolute Gasteiger partial charge is 0.0889 e. The van der Waals surface area contributed by atoms with Crippen LogP contribution in [0.5, 0.6) is 0 Å². The number of ether oxygens (including phenoxy) is 3. The molecule has 0 aliphatic heterocycles. The molecule has 1 rings (SSSR count). The summed E-state index contributed by atoms with van der Waals surface area (Å²) in [7, 11) is 1.65. The summed E-state index contributed by atoms with van der Waals surface area (Å²) < 4.78 is 16.5. The number of rotatable bonds is 8. The average Bonchev–Trinajstić information content (AvgIpc) is 2.30. The highest BCUT2D eigenvalue weighted by atomic mass is 79.9. The maximum absolute atomic E-state index is 5.40. The summed E-state index contributed by atoms with van der Waals surface area (Å²) >= 11 is 3.33. The summed E-state index contributed by atoms with van der Waals surface area (Å²) in [6.07, 6.45) is 1.76. The summed E-state index contributed by atoms with van der Waals surface area (Å²) in [6.45, 7) is 2.90. The van der Waals surface area contributed by atoms with Gasteiger partial charge in [0.2, 0.25) is 0 Å². The fourth-order valence-electron chi connectivity index (χ4n) is 1.03. The quantitative estimate of drug-likeness (QED) is 0.687. The lowest BCUT2D eigenvalue weighted by Gasteiger charge is -2.05. The van der Waals surface area contributed by atoms with Gasteiger partial charge in [0, 0.05) is 17.8 Å². The van der Waals surface area contributed by atoms with Crippen LogP contribution in [0.3, 0.4) is 0 Å². The minimum atomic E-state index is 0.515. The summed E-state index contributed by atoms with van der Waals surface area (Å²) in [4.78, 5) is 4.19. The van der Waals surface area contributed by atoms with Crippen LogP contribution in [0, 0.1) is 0 Å². The zero-order chi connectivity index (χ0) is 11.6. The van der Waals surface area contributed by atoms with Crippen LogP contribution < -0.4 is 0 Å². The molecule has 4 nitrogen and oxygen atoms in total. The van der Waals surface area contributed by atoms with Gasteiger partial charge in [-0.05, 0) is 28.1 Å². The van der Waals surface area contributed by atoms with Crippen LogP contribution in [0.1, 0.15) is 5.69 Å². The Balaban J connectivity index is 2.01. The molecule has 0 saturated heterocycles. The fourth-order valence-corrected chi connectivity index (χ4v) is 1.27. The molecule has 0 fully saturated rings. The normalized spacial score (nSPS) is 10.6. The van der Waals surface area contributed by atoms with Gasteiger partial charge in [-0.25, -0.2) is 0 Å². The summed E-state index contributed by atoms with van der Waals surface area (Å²) in [6, 6.07) is 3.87. The van der Waals surface area contributed by atoms with Crippen molar-refractivity contribution >= 4 is 15.9 Å². The van der Waals surface area contributed by atoms with Crippen LogP contribution >= 0.6 is 15.9 Å². The average molecular weight is 290 g/mol. The predicted molar refractivity (Wildman–Crippen MR) is 64.3 cm³/mol. The number of halogens is 1. The first-order valence-corrected chi connectivity index (χ1v) is 5.87. The van der Waals surface area contributed by atoms with Gasteiger partial charge >= 0.3 is 0 Å². The third-order valence-electron chi connectivity index (χ3n) is 1.84. The first kappa shape index (κ1) is 13.6. The standard InChI is InChI=1S/C11H16BrNO3/c1-14-4-5-15-6-7-16-9-11-3-2-10(12)8-13-11/h2-3,8H,4-7,9H2,1H3. The Morgan fingerprint density at radius 3 is 2.56 bits per heavy atom. The monoisotopic (exact) mass is 289 g/mol. The molecule has 0 atom stereocenters. The van der Waals surface area contributed by atoms with Gasteiger partial charge in [0.05, 0.1) is 38.7 Å². The largest absolute Gasteiger partial charge is 0.382 e. The summed E-state index contributed by atoms with van der Waals surface area (Å²) in [5, 5.41) is 0. The van der Waals surface area contributed by atoms with E-state index in [-0.39, 0.29) is 0 Å². The summed E-state index contributed by atoms with van der Waals surface area (Å²) in [5.74, 6) is 0. The van der Waals surface area contributed by atoms with Crippen molar-refractivity contribution in [2.75, 3.05) is 33.5 Å². The first-order valence-electron chi connectivity index (χ1n) is 5.08. The molecule has 0 aliphatic carbocycles. The molecule has 0 aromatic carbocycles. The molecule has 0 unspecified atom stereocenters. The molecule has 90 valence electrons. The van der Waals surface area contributed by atoms with E-state index in [9.17, 15) is 0 Å². The molecule has 0 radical (unpaired) electrons. The molecule has 1 heterocycles. The third kappa shape index (κ3) is 6.17. The predicted octanol–water partition coefficient (Wildman–Crippen LogP) is 2.02.